The fourth-order valence-corrected chi connectivity index (χ4v) is 3.59. The van der Waals surface area contributed by atoms with Crippen molar-refractivity contribution in [1.29, 1.82) is 0 Å². The van der Waals surface area contributed by atoms with Gasteiger partial charge in [0.2, 0.25) is 5.91 Å². The number of halogens is 4. The lowest BCUT2D eigenvalue weighted by Crippen LogP contribution is -2.22. The number of hydrogen-bond acceptors (Lipinski definition) is 6. The number of nitrogens with one attached hydrogen (secondary N) is 2. The van der Waals surface area contributed by atoms with Gasteiger partial charge in [-0.05, 0) is 48.4 Å². The predicted molar refractivity (Wildman–Crippen MR) is 126 cm³/mol. The molecule has 0 spiro atoms. The zero-order valence-electron chi connectivity index (χ0n) is 18.8. The molecular formula is C25H17ClF3N4O4-. The van der Waals surface area contributed by atoms with E-state index in [1.54, 1.807) is 36.4 Å². The molecule has 2 N–H and O–H groups in total. The summed E-state index contributed by atoms with van der Waals surface area (Å²) in [7, 11) is 0. The largest absolute Gasteiger partial charge is 0.543 e. The van der Waals surface area contributed by atoms with Gasteiger partial charge in [0, 0.05) is 24.4 Å². The summed E-state index contributed by atoms with van der Waals surface area (Å²) in [6.07, 6.45) is -1.71. The van der Waals surface area contributed by atoms with E-state index >= 15 is 0 Å². The molecule has 12 heteroatoms. The van der Waals surface area contributed by atoms with Crippen LogP contribution >= 0.6 is 11.6 Å². The minimum Gasteiger partial charge on any atom is -0.543 e. The van der Waals surface area contributed by atoms with Crippen LogP contribution in [0.4, 0.5) is 18.9 Å². The first kappa shape index (κ1) is 25.7. The van der Waals surface area contributed by atoms with Gasteiger partial charge in [0.25, 0.3) is 0 Å². The second-order valence-corrected chi connectivity index (χ2v) is 8.21. The quantitative estimate of drug-likeness (QED) is 0.336. The van der Waals surface area contributed by atoms with Crippen molar-refractivity contribution in [1.82, 2.24) is 15.0 Å². The van der Waals surface area contributed by atoms with Crippen LogP contribution in [-0.2, 0) is 17.4 Å². The smallest absolute Gasteiger partial charge is 0.417 e. The number of nitrogens with zero attached hydrogens (tertiary/aromatic N) is 2. The molecule has 0 saturated carbocycles. The van der Waals surface area contributed by atoms with Crippen LogP contribution in [0.5, 0.6) is 11.5 Å². The Labute approximate surface area is 213 Å². The molecule has 2 heterocycles. The van der Waals surface area contributed by atoms with E-state index in [0.29, 0.717) is 23.6 Å². The highest BCUT2D eigenvalue weighted by atomic mass is 35.5. The third kappa shape index (κ3) is 6.64. The predicted octanol–water partition coefficient (Wildman–Crippen LogP) is 4.87. The number of amides is 1. The number of aromatic amines is 1. The van der Waals surface area contributed by atoms with Crippen molar-refractivity contribution in [3.05, 3.63) is 88.8 Å². The van der Waals surface area contributed by atoms with Crippen LogP contribution in [0.25, 0.3) is 11.5 Å². The molecule has 4 rings (SSSR count). The lowest BCUT2D eigenvalue weighted by molar-refractivity contribution is -0.255. The summed E-state index contributed by atoms with van der Waals surface area (Å²) in [5.74, 6) is -0.745. The maximum Gasteiger partial charge on any atom is 0.417 e. The Hall–Kier alpha value is -4.38. The normalized spacial score (nSPS) is 11.2. The first-order chi connectivity index (χ1) is 17.6. The Balaban J connectivity index is 1.38. The summed E-state index contributed by atoms with van der Waals surface area (Å²) in [4.78, 5) is 34.0. The number of benzene rings is 2. The van der Waals surface area contributed by atoms with E-state index in [2.05, 4.69) is 20.3 Å². The van der Waals surface area contributed by atoms with E-state index in [0.717, 1.165) is 23.9 Å². The number of alkyl halides is 3. The Morgan fingerprint density at radius 3 is 2.57 bits per heavy atom. The van der Waals surface area contributed by atoms with Crippen LogP contribution in [0.1, 0.15) is 28.0 Å². The van der Waals surface area contributed by atoms with Crippen molar-refractivity contribution in [3.63, 3.8) is 0 Å². The average molecular weight is 530 g/mol. The molecule has 0 aliphatic rings. The molecule has 0 radical (unpaired) electrons. The highest BCUT2D eigenvalue weighted by Gasteiger charge is 2.33. The monoisotopic (exact) mass is 529 g/mol. The summed E-state index contributed by atoms with van der Waals surface area (Å²) in [5, 5.41) is 12.9. The van der Waals surface area contributed by atoms with Crippen LogP contribution in [0, 0.1) is 0 Å². The fraction of sp³-hybridized carbons (Fsp3) is 0.120. The third-order valence-corrected chi connectivity index (χ3v) is 5.43. The van der Waals surface area contributed by atoms with Gasteiger partial charge in [0.1, 0.15) is 17.2 Å². The van der Waals surface area contributed by atoms with Crippen LogP contribution < -0.4 is 15.2 Å². The fourth-order valence-electron chi connectivity index (χ4n) is 3.36. The second kappa shape index (κ2) is 10.7. The van der Waals surface area contributed by atoms with E-state index in [-0.39, 0.29) is 23.6 Å². The second-order valence-electron chi connectivity index (χ2n) is 7.80. The molecule has 1 amide bonds. The number of rotatable bonds is 8. The molecule has 4 aromatic rings. The first-order valence-electron chi connectivity index (χ1n) is 10.7. The van der Waals surface area contributed by atoms with Crippen molar-refractivity contribution in [2.45, 2.75) is 19.0 Å². The molecule has 2 aromatic heterocycles. The number of hydrogen-bond donors (Lipinski definition) is 2. The van der Waals surface area contributed by atoms with Gasteiger partial charge >= 0.3 is 6.18 Å². The number of carbonyl (C=O) groups is 2. The van der Waals surface area contributed by atoms with Gasteiger partial charge in [-0.1, -0.05) is 23.7 Å². The topological polar surface area (TPSA) is 120 Å². The maximum atomic E-state index is 13.0. The lowest BCUT2D eigenvalue weighted by atomic mass is 10.1. The average Bonchev–Trinajstić information content (AvgIpc) is 3.35. The standard InChI is InChI=1S/C25H18ClF3N4O4/c26-19-6-5-15(11-18(19)25(27,28)29)32-22(34)7-4-14-2-1-3-16(10-14)37-17-8-9-30-20(12-17)23-31-13-21(33-23)24(35)36/h1-3,5-6,8-13H,4,7H2,(H,31,33)(H,32,34)(H,35,36)/p-1. The van der Waals surface area contributed by atoms with Gasteiger partial charge in [-0.15, -0.1) is 0 Å². The van der Waals surface area contributed by atoms with Crippen molar-refractivity contribution in [2.75, 3.05) is 5.32 Å². The van der Waals surface area contributed by atoms with Gasteiger partial charge < -0.3 is 24.9 Å². The summed E-state index contributed by atoms with van der Waals surface area (Å²) < 4.78 is 44.9. The summed E-state index contributed by atoms with van der Waals surface area (Å²) in [5.41, 5.74) is -0.0952. The van der Waals surface area contributed by atoms with Crippen molar-refractivity contribution >= 4 is 29.2 Å². The number of H-pyrrole nitrogens is 1. The molecule has 0 fully saturated rings. The molecule has 0 unspecified atom stereocenters. The van der Waals surface area contributed by atoms with E-state index in [9.17, 15) is 27.9 Å². The zero-order valence-corrected chi connectivity index (χ0v) is 19.6. The summed E-state index contributed by atoms with van der Waals surface area (Å²) >= 11 is 5.61. The van der Waals surface area contributed by atoms with E-state index in [1.807, 2.05) is 0 Å². The van der Waals surface area contributed by atoms with E-state index < -0.39 is 28.6 Å². The molecule has 0 aliphatic heterocycles. The molecule has 0 atom stereocenters. The van der Waals surface area contributed by atoms with Crippen molar-refractivity contribution < 1.29 is 32.6 Å². The summed E-state index contributed by atoms with van der Waals surface area (Å²) in [6, 6.07) is 13.3. The Bertz CT molecular complexity index is 1460. The van der Waals surface area contributed by atoms with Gasteiger partial charge in [-0.2, -0.15) is 13.2 Å². The molecule has 190 valence electrons. The first-order valence-corrected chi connectivity index (χ1v) is 11.1. The SMILES string of the molecule is O=C(CCc1cccc(Oc2ccnc(-c3ncc(C(=O)[O-])[nH]3)c2)c1)Nc1ccc(Cl)c(C(F)(F)F)c1. The van der Waals surface area contributed by atoms with Crippen LogP contribution in [0.3, 0.4) is 0 Å². The minimum absolute atomic E-state index is 0.00408. The number of aromatic nitrogens is 3. The molecule has 2 aromatic carbocycles. The van der Waals surface area contributed by atoms with Crippen LogP contribution in [-0.4, -0.2) is 26.8 Å². The molecule has 0 bridgehead atoms. The Morgan fingerprint density at radius 2 is 1.84 bits per heavy atom. The molecular weight excluding hydrogens is 513 g/mol. The highest BCUT2D eigenvalue weighted by molar-refractivity contribution is 6.31. The van der Waals surface area contributed by atoms with E-state index in [1.165, 1.54) is 12.3 Å². The van der Waals surface area contributed by atoms with Gasteiger partial charge in [-0.3, -0.25) is 9.78 Å². The number of carbonyl (C=O) groups excluding carboxylic acids is 2. The molecule has 0 aliphatic carbocycles. The number of carboxylic acid groups (broad SMARTS) is 1. The number of pyridine rings is 1. The van der Waals surface area contributed by atoms with Crippen molar-refractivity contribution in [2.24, 2.45) is 0 Å². The van der Waals surface area contributed by atoms with Crippen LogP contribution in [0.15, 0.2) is 67.0 Å². The number of anilines is 1. The number of aromatic carboxylic acids is 1. The summed E-state index contributed by atoms with van der Waals surface area (Å²) in [6.45, 7) is 0. The number of carboxylic acids is 1. The number of ether oxygens (including phenoxy) is 1. The van der Waals surface area contributed by atoms with Crippen LogP contribution in [0.2, 0.25) is 5.02 Å². The number of imidazole rings is 1. The number of aryl methyl sites for hydroxylation is 1. The van der Waals surface area contributed by atoms with Gasteiger partial charge in [-0.25, -0.2) is 4.98 Å². The van der Waals surface area contributed by atoms with Crippen molar-refractivity contribution in [3.8, 4) is 23.0 Å². The zero-order chi connectivity index (χ0) is 26.6. The molecule has 37 heavy (non-hydrogen) atoms. The third-order valence-electron chi connectivity index (χ3n) is 5.10. The van der Waals surface area contributed by atoms with Gasteiger partial charge in [0.05, 0.1) is 28.4 Å². The van der Waals surface area contributed by atoms with E-state index in [4.69, 9.17) is 16.3 Å². The Morgan fingerprint density at radius 1 is 1.05 bits per heavy atom. The van der Waals surface area contributed by atoms with Gasteiger partial charge in [0.15, 0.2) is 5.82 Å². The minimum atomic E-state index is -4.63. The maximum absolute atomic E-state index is 13.0. The highest BCUT2D eigenvalue weighted by Crippen LogP contribution is 2.36. The molecule has 8 nitrogen and oxygen atoms in total. The Kier molecular flexibility index (Phi) is 7.44. The molecule has 0 saturated heterocycles. The lowest BCUT2D eigenvalue weighted by Gasteiger charge is -2.12.